The van der Waals surface area contributed by atoms with Crippen LogP contribution in [0.2, 0.25) is 0 Å². The number of hydrogen-bond donors (Lipinski definition) is 0. The topological polar surface area (TPSA) is 56.8 Å². The van der Waals surface area contributed by atoms with Gasteiger partial charge in [0.05, 0.1) is 24.3 Å². The van der Waals surface area contributed by atoms with E-state index >= 15 is 0 Å². The zero-order chi connectivity index (χ0) is 30.3. The van der Waals surface area contributed by atoms with Crippen LogP contribution >= 0.6 is 0 Å². The van der Waals surface area contributed by atoms with E-state index in [1.807, 2.05) is 108 Å². The van der Waals surface area contributed by atoms with Crippen molar-refractivity contribution >= 4 is 11.8 Å². The Labute approximate surface area is 244 Å². The predicted octanol–water partition coefficient (Wildman–Crippen LogP) is 7.36. The smallest absolute Gasteiger partial charge is 0.255 e. The van der Waals surface area contributed by atoms with Gasteiger partial charge in [0.15, 0.2) is 0 Å². The molecule has 0 N–H and O–H groups in total. The van der Waals surface area contributed by atoms with Gasteiger partial charge in [0, 0.05) is 45.0 Å². The molecule has 2 bridgehead atoms. The molecule has 2 amide bonds. The van der Waals surface area contributed by atoms with Crippen LogP contribution in [0.15, 0.2) is 90.9 Å². The van der Waals surface area contributed by atoms with E-state index in [4.69, 9.17) is 0 Å². The van der Waals surface area contributed by atoms with Gasteiger partial charge in [-0.3, -0.25) is 19.5 Å². The van der Waals surface area contributed by atoms with E-state index in [-0.39, 0.29) is 11.8 Å². The summed E-state index contributed by atoms with van der Waals surface area (Å²) < 4.78 is 0. The maximum Gasteiger partial charge on any atom is 0.255 e. The molecule has 0 radical (unpaired) electrons. The van der Waals surface area contributed by atoms with Crippen molar-refractivity contribution in [3.8, 4) is 0 Å². The summed E-state index contributed by atoms with van der Waals surface area (Å²) in [6.45, 7) is 20.6. The van der Waals surface area contributed by atoms with Crippen LogP contribution in [-0.2, 0) is 11.3 Å². The molecule has 0 spiro atoms. The standard InChI is InChI=1S/C26H32N4O2.C4H8.2C2H6/c1-4-6-14-28(3)26(32)22-12-13-23(27-17-22)19-30-24-11-9-8-10-21(16-24)18-29(15-7-5-2)20-25(30)31;1-3-4-2;2*1-2/h4-6,8-13,17H,2,7,14-16,18-20H2,1,3H3;3-4H,1-2H3;2*1-2H3/b6-4-;4-3+;;. The molecule has 1 aliphatic carbocycles. The number of fused-ring (bicyclic) bond motifs is 2. The van der Waals surface area contributed by atoms with Crippen molar-refractivity contribution in [2.45, 2.75) is 67.9 Å². The van der Waals surface area contributed by atoms with Gasteiger partial charge >= 0.3 is 0 Å². The van der Waals surface area contributed by atoms with Crippen molar-refractivity contribution in [3.05, 3.63) is 102 Å². The number of carbonyl (C=O) groups is 2. The molecule has 1 aromatic heterocycles. The molecule has 0 unspecified atom stereocenters. The van der Waals surface area contributed by atoms with Crippen molar-refractivity contribution in [2.75, 3.05) is 33.2 Å². The first kappa shape index (κ1) is 36.5. The zero-order valence-electron chi connectivity index (χ0n) is 26.2. The van der Waals surface area contributed by atoms with E-state index in [1.165, 1.54) is 5.57 Å². The molecule has 1 aliphatic heterocycles. The first-order valence-corrected chi connectivity index (χ1v) is 14.5. The van der Waals surface area contributed by atoms with Gasteiger partial charge in [0.2, 0.25) is 5.91 Å². The van der Waals surface area contributed by atoms with Gasteiger partial charge in [-0.05, 0) is 45.4 Å². The Morgan fingerprint density at radius 3 is 2.27 bits per heavy atom. The number of nitrogens with zero attached hydrogens (tertiary/aromatic N) is 4. The second-order valence-electron chi connectivity index (χ2n) is 8.77. The molecule has 220 valence electrons. The lowest BCUT2D eigenvalue weighted by Crippen LogP contribution is -2.43. The van der Waals surface area contributed by atoms with Gasteiger partial charge in [-0.15, -0.1) is 6.58 Å². The van der Waals surface area contributed by atoms with Crippen molar-refractivity contribution in [2.24, 2.45) is 0 Å². The Bertz CT molecular complexity index is 1030. The molecule has 6 nitrogen and oxygen atoms in total. The van der Waals surface area contributed by atoms with Gasteiger partial charge in [0.1, 0.15) is 0 Å². The fraction of sp³-hybridized carbons (Fsp3) is 0.441. The van der Waals surface area contributed by atoms with Crippen LogP contribution in [0, 0.1) is 0 Å². The fourth-order valence-corrected chi connectivity index (χ4v) is 3.78. The van der Waals surface area contributed by atoms with E-state index in [0.717, 1.165) is 37.3 Å². The second kappa shape index (κ2) is 22.3. The Balaban J connectivity index is 0.00000171. The summed E-state index contributed by atoms with van der Waals surface area (Å²) in [5.41, 5.74) is 3.55. The highest BCUT2D eigenvalue weighted by molar-refractivity contribution is 5.93. The van der Waals surface area contributed by atoms with Crippen LogP contribution in [0.3, 0.4) is 0 Å². The largest absolute Gasteiger partial charge is 0.338 e. The summed E-state index contributed by atoms with van der Waals surface area (Å²) in [5.74, 6) is -0.0172. The lowest BCUT2D eigenvalue weighted by molar-refractivity contribution is -0.131. The summed E-state index contributed by atoms with van der Waals surface area (Å²) in [7, 11) is 1.77. The van der Waals surface area contributed by atoms with E-state index in [0.29, 0.717) is 25.2 Å². The van der Waals surface area contributed by atoms with Crippen LogP contribution < -0.4 is 0 Å². The Hall–Kier alpha value is -3.51. The van der Waals surface area contributed by atoms with Crippen molar-refractivity contribution in [1.82, 2.24) is 19.7 Å². The average molecular weight is 549 g/mol. The fourth-order valence-electron chi connectivity index (χ4n) is 3.78. The molecule has 0 saturated carbocycles. The third kappa shape index (κ3) is 13.0. The van der Waals surface area contributed by atoms with Gasteiger partial charge in [0.25, 0.3) is 5.91 Å². The van der Waals surface area contributed by atoms with Crippen molar-refractivity contribution in [1.29, 1.82) is 0 Å². The number of rotatable bonds is 8. The maximum atomic E-state index is 13.2. The van der Waals surface area contributed by atoms with E-state index in [9.17, 15) is 9.59 Å². The minimum absolute atomic E-state index is 0.0581. The lowest BCUT2D eigenvalue weighted by atomic mass is 10.1. The molecule has 2 aliphatic rings. The summed E-state index contributed by atoms with van der Waals surface area (Å²) in [4.78, 5) is 35.9. The third-order valence-corrected chi connectivity index (χ3v) is 5.91. The first-order valence-electron chi connectivity index (χ1n) is 14.5. The normalized spacial score (nSPS) is 14.7. The highest BCUT2D eigenvalue weighted by Gasteiger charge is 2.26. The number of pyridine rings is 1. The monoisotopic (exact) mass is 548 g/mol. The minimum atomic E-state index is -0.0752. The quantitative estimate of drug-likeness (QED) is 0.319. The summed E-state index contributed by atoms with van der Waals surface area (Å²) in [5, 5.41) is 0. The highest BCUT2D eigenvalue weighted by atomic mass is 16.2. The SMILES string of the molecule is C/C=C/C.C=CCCN1CC(=O)N(Cc2ccc(C(=O)N(C)C/C=C\C)cn2)C2=CC=CC=C(C2)C1.CC.CC. The van der Waals surface area contributed by atoms with E-state index in [2.05, 4.69) is 22.5 Å². The molecule has 1 fully saturated rings. The molecule has 2 heterocycles. The summed E-state index contributed by atoms with van der Waals surface area (Å²) >= 11 is 0. The number of aromatic nitrogens is 1. The van der Waals surface area contributed by atoms with E-state index in [1.54, 1.807) is 24.2 Å². The van der Waals surface area contributed by atoms with Crippen LogP contribution in [0.5, 0.6) is 0 Å². The zero-order valence-corrected chi connectivity index (χ0v) is 26.2. The molecule has 40 heavy (non-hydrogen) atoms. The average Bonchev–Trinajstić information content (AvgIpc) is 3.25. The third-order valence-electron chi connectivity index (χ3n) is 5.91. The lowest BCUT2D eigenvalue weighted by Gasteiger charge is -2.33. The van der Waals surface area contributed by atoms with Crippen LogP contribution in [-0.4, -0.2) is 64.7 Å². The van der Waals surface area contributed by atoms with Gasteiger partial charge in [-0.2, -0.15) is 0 Å². The Morgan fingerprint density at radius 2 is 1.70 bits per heavy atom. The minimum Gasteiger partial charge on any atom is -0.338 e. The summed E-state index contributed by atoms with van der Waals surface area (Å²) in [6.07, 6.45) is 21.1. The predicted molar refractivity (Wildman–Crippen MR) is 171 cm³/mol. The van der Waals surface area contributed by atoms with Crippen LogP contribution in [0.4, 0.5) is 0 Å². The number of allylic oxidation sites excluding steroid dienone is 8. The molecule has 0 aromatic carbocycles. The number of likely N-dealkylation sites (N-methyl/N-ethyl adjacent to an activating group) is 1. The van der Waals surface area contributed by atoms with Crippen molar-refractivity contribution in [3.63, 3.8) is 0 Å². The van der Waals surface area contributed by atoms with Gasteiger partial charge < -0.3 is 9.80 Å². The first-order chi connectivity index (χ1) is 19.4. The highest BCUT2D eigenvalue weighted by Crippen LogP contribution is 2.24. The molecule has 6 heteroatoms. The number of amides is 2. The molecule has 0 atom stereocenters. The van der Waals surface area contributed by atoms with E-state index < -0.39 is 0 Å². The van der Waals surface area contributed by atoms with Gasteiger partial charge in [-0.25, -0.2) is 0 Å². The molecule has 3 rings (SSSR count). The number of hydrogen-bond acceptors (Lipinski definition) is 4. The molecule has 1 saturated heterocycles. The molecular formula is C34H52N4O2. The number of carbonyl (C=O) groups excluding carboxylic acids is 2. The van der Waals surface area contributed by atoms with Crippen LogP contribution in [0.1, 0.15) is 77.4 Å². The molecular weight excluding hydrogens is 496 g/mol. The van der Waals surface area contributed by atoms with Crippen molar-refractivity contribution < 1.29 is 9.59 Å². The second-order valence-corrected chi connectivity index (χ2v) is 8.77. The summed E-state index contributed by atoms with van der Waals surface area (Å²) in [6, 6.07) is 3.62. The van der Waals surface area contributed by atoms with Gasteiger partial charge in [-0.1, -0.05) is 81.9 Å². The van der Waals surface area contributed by atoms with Crippen LogP contribution in [0.25, 0.3) is 0 Å². The Morgan fingerprint density at radius 1 is 1.02 bits per heavy atom. The Kier molecular flexibility index (Phi) is 20.4. The maximum absolute atomic E-state index is 13.2. The molecule has 1 aromatic rings.